The Morgan fingerprint density at radius 1 is 1.06 bits per heavy atom. The molecule has 2 aliphatic rings. The molecule has 1 fully saturated rings. The third-order valence-electron chi connectivity index (χ3n) is 8.93. The monoisotopic (exact) mass is 650 g/mol. The number of rotatable bonds is 12. The van der Waals surface area contributed by atoms with Crippen LogP contribution in [0.4, 0.5) is 13.2 Å². The van der Waals surface area contributed by atoms with E-state index in [4.69, 9.17) is 5.11 Å². The van der Waals surface area contributed by atoms with Crippen molar-refractivity contribution >= 4 is 11.5 Å². The highest BCUT2D eigenvalue weighted by Gasteiger charge is 2.37. The first-order valence-corrected chi connectivity index (χ1v) is 15.8. The van der Waals surface area contributed by atoms with Gasteiger partial charge in [-0.05, 0) is 51.9 Å². The van der Waals surface area contributed by atoms with Crippen LogP contribution in [0.15, 0.2) is 85.0 Å². The summed E-state index contributed by atoms with van der Waals surface area (Å²) < 4.78 is 44.8. The number of hydrogen-bond donors (Lipinski definition) is 4. The highest BCUT2D eigenvalue weighted by atomic mass is 19.4. The third kappa shape index (κ3) is 8.90. The third-order valence-corrected chi connectivity index (χ3v) is 8.93. The molecule has 250 valence electrons. The molecule has 1 aliphatic heterocycles. The number of likely N-dealkylation sites (tertiary alicyclic amines) is 1. The molecule has 3 aromatic carbocycles. The van der Waals surface area contributed by atoms with Crippen molar-refractivity contribution in [3.63, 3.8) is 0 Å². The van der Waals surface area contributed by atoms with Crippen LogP contribution in [-0.2, 0) is 17.9 Å². The van der Waals surface area contributed by atoms with Crippen molar-refractivity contribution in [2.75, 3.05) is 19.6 Å². The summed E-state index contributed by atoms with van der Waals surface area (Å²) in [6, 6.07) is 21.5. The van der Waals surface area contributed by atoms with E-state index in [1.165, 1.54) is 11.6 Å². The summed E-state index contributed by atoms with van der Waals surface area (Å²) in [7, 11) is 0. The van der Waals surface area contributed by atoms with Crippen LogP contribution in [-0.4, -0.2) is 64.4 Å². The van der Waals surface area contributed by atoms with E-state index >= 15 is 0 Å². The minimum absolute atomic E-state index is 0.0490. The van der Waals surface area contributed by atoms with Gasteiger partial charge in [0.15, 0.2) is 0 Å². The number of aliphatic hydroxyl groups excluding tert-OH is 2. The van der Waals surface area contributed by atoms with Crippen molar-refractivity contribution in [3.05, 3.63) is 107 Å². The SMILES string of the molecule is CC1(C)C(c2cccc(-c3ccc(CN4CC[C@@H](O)C4)cc3)c2)=CC=CC1c1ccc(CNC[C@@H](O)CC(=O)O)c(OC(F)(F)F)c1. The van der Waals surface area contributed by atoms with Crippen LogP contribution in [0.3, 0.4) is 0 Å². The molecule has 1 saturated heterocycles. The van der Waals surface area contributed by atoms with Gasteiger partial charge in [0.1, 0.15) is 5.75 Å². The highest BCUT2D eigenvalue weighted by Crippen LogP contribution is 2.50. The lowest BCUT2D eigenvalue weighted by molar-refractivity contribution is -0.275. The standard InChI is InChI=1S/C37H41F3N2O5/c1-36(2)32(27-6-3-5-26(17-27)25-11-9-24(10-12-25)22-42-16-15-30(43)23-42)7-4-8-33(36)28-13-14-29(34(18-28)47-37(38,39)40)20-41-21-31(44)19-35(45)46/h3-14,17-18,30-31,33,41,43-44H,15-16,19-23H2,1-2H3,(H,45,46)/t30-,31+,33?/m1/s1. The maximum absolute atomic E-state index is 13.4. The Bertz CT molecular complexity index is 1620. The normalized spacial score (nSPS) is 20.2. The largest absolute Gasteiger partial charge is 0.573 e. The number of carboxylic acids is 1. The van der Waals surface area contributed by atoms with Crippen LogP contribution < -0.4 is 10.1 Å². The van der Waals surface area contributed by atoms with Gasteiger partial charge in [0, 0.05) is 49.6 Å². The molecule has 10 heteroatoms. The number of hydrogen-bond acceptors (Lipinski definition) is 6. The maximum atomic E-state index is 13.4. The summed E-state index contributed by atoms with van der Waals surface area (Å²) in [6.07, 6.45) is -0.0274. The fraction of sp³-hybridized carbons (Fsp3) is 0.378. The van der Waals surface area contributed by atoms with E-state index in [1.54, 1.807) is 12.1 Å². The van der Waals surface area contributed by atoms with E-state index in [0.717, 1.165) is 41.8 Å². The second-order valence-electron chi connectivity index (χ2n) is 12.9. The molecule has 3 aromatic rings. The van der Waals surface area contributed by atoms with Crippen molar-refractivity contribution in [2.45, 2.75) is 64.3 Å². The first-order chi connectivity index (χ1) is 22.3. The van der Waals surface area contributed by atoms with Gasteiger partial charge in [-0.15, -0.1) is 13.2 Å². The van der Waals surface area contributed by atoms with Gasteiger partial charge in [0.05, 0.1) is 18.6 Å². The lowest BCUT2D eigenvalue weighted by Crippen LogP contribution is -2.29. The Morgan fingerprint density at radius 2 is 1.81 bits per heavy atom. The van der Waals surface area contributed by atoms with Crippen molar-refractivity contribution in [2.24, 2.45) is 5.41 Å². The first kappa shape index (κ1) is 34.4. The van der Waals surface area contributed by atoms with Crippen LogP contribution in [0.1, 0.15) is 54.9 Å². The van der Waals surface area contributed by atoms with Gasteiger partial charge < -0.3 is 25.4 Å². The summed E-state index contributed by atoms with van der Waals surface area (Å²) in [5.41, 5.74) is 5.79. The second-order valence-corrected chi connectivity index (χ2v) is 12.9. The number of allylic oxidation sites excluding steroid dienone is 4. The molecular formula is C37H41F3N2O5. The first-order valence-electron chi connectivity index (χ1n) is 15.8. The Hall–Kier alpha value is -3.96. The number of alkyl halides is 3. The van der Waals surface area contributed by atoms with Gasteiger partial charge >= 0.3 is 12.3 Å². The van der Waals surface area contributed by atoms with Crippen LogP contribution in [0.25, 0.3) is 16.7 Å². The van der Waals surface area contributed by atoms with Gasteiger partial charge in [-0.25, -0.2) is 0 Å². The second kappa shape index (κ2) is 14.4. The van der Waals surface area contributed by atoms with E-state index in [0.29, 0.717) is 12.1 Å². The molecule has 0 radical (unpaired) electrons. The quantitative estimate of drug-likeness (QED) is 0.177. The average Bonchev–Trinajstić information content (AvgIpc) is 3.41. The number of nitrogens with zero attached hydrogens (tertiary/aromatic N) is 1. The van der Waals surface area contributed by atoms with Gasteiger partial charge in [-0.1, -0.05) is 86.7 Å². The van der Waals surface area contributed by atoms with Crippen LogP contribution in [0, 0.1) is 5.41 Å². The zero-order chi connectivity index (χ0) is 33.8. The molecule has 1 heterocycles. The number of carboxylic acid groups (broad SMARTS) is 1. The van der Waals surface area contributed by atoms with Gasteiger partial charge in [-0.2, -0.15) is 0 Å². The Labute approximate surface area is 273 Å². The van der Waals surface area contributed by atoms with Gasteiger partial charge in [-0.3, -0.25) is 9.69 Å². The molecule has 3 atom stereocenters. The predicted molar refractivity (Wildman–Crippen MR) is 175 cm³/mol. The molecule has 0 bridgehead atoms. The molecule has 1 unspecified atom stereocenters. The number of benzene rings is 3. The molecule has 0 saturated carbocycles. The van der Waals surface area contributed by atoms with E-state index in [1.807, 2.05) is 24.3 Å². The van der Waals surface area contributed by atoms with Crippen molar-refractivity contribution in [1.82, 2.24) is 10.2 Å². The van der Waals surface area contributed by atoms with Crippen LogP contribution in [0.2, 0.25) is 0 Å². The Kier molecular flexibility index (Phi) is 10.6. The lowest BCUT2D eigenvalue weighted by atomic mass is 9.65. The number of nitrogens with one attached hydrogen (secondary N) is 1. The summed E-state index contributed by atoms with van der Waals surface area (Å²) in [4.78, 5) is 13.1. The number of ether oxygens (including phenoxy) is 1. The average molecular weight is 651 g/mol. The fourth-order valence-corrected chi connectivity index (χ4v) is 6.54. The van der Waals surface area contributed by atoms with Crippen molar-refractivity contribution in [1.29, 1.82) is 0 Å². The van der Waals surface area contributed by atoms with Gasteiger partial charge in [0.2, 0.25) is 0 Å². The summed E-state index contributed by atoms with van der Waals surface area (Å²) in [5.74, 6) is -1.77. The maximum Gasteiger partial charge on any atom is 0.573 e. The molecule has 1 aliphatic carbocycles. The van der Waals surface area contributed by atoms with Gasteiger partial charge in [0.25, 0.3) is 0 Å². The van der Waals surface area contributed by atoms with Crippen LogP contribution >= 0.6 is 0 Å². The molecular weight excluding hydrogens is 609 g/mol. The fourth-order valence-electron chi connectivity index (χ4n) is 6.54. The van der Waals surface area contributed by atoms with Crippen LogP contribution in [0.5, 0.6) is 5.75 Å². The predicted octanol–water partition coefficient (Wildman–Crippen LogP) is 6.51. The molecule has 4 N–H and O–H groups in total. The molecule has 0 amide bonds. The van der Waals surface area contributed by atoms with E-state index in [2.05, 4.69) is 71.3 Å². The zero-order valence-electron chi connectivity index (χ0n) is 26.5. The Balaban J connectivity index is 1.34. The number of aliphatic carboxylic acids is 1. The summed E-state index contributed by atoms with van der Waals surface area (Å²) >= 11 is 0. The minimum Gasteiger partial charge on any atom is -0.481 e. The molecule has 47 heavy (non-hydrogen) atoms. The number of β-amino-alcohol motifs (C(OH)–C–C–N with tert-alkyl or cyclic N) is 1. The van der Waals surface area contributed by atoms with Crippen molar-refractivity contribution < 1.29 is 38.0 Å². The molecule has 7 nitrogen and oxygen atoms in total. The number of halogens is 3. The topological polar surface area (TPSA) is 102 Å². The lowest BCUT2D eigenvalue weighted by Gasteiger charge is -2.38. The number of aliphatic hydroxyl groups is 2. The summed E-state index contributed by atoms with van der Waals surface area (Å²) in [6.45, 7) is 6.40. The molecule has 0 spiro atoms. The highest BCUT2D eigenvalue weighted by molar-refractivity contribution is 5.78. The van der Waals surface area contributed by atoms with E-state index < -0.39 is 30.3 Å². The van der Waals surface area contributed by atoms with Crippen molar-refractivity contribution in [3.8, 4) is 16.9 Å². The smallest absolute Gasteiger partial charge is 0.481 e. The minimum atomic E-state index is -4.91. The Morgan fingerprint density at radius 3 is 2.49 bits per heavy atom. The summed E-state index contributed by atoms with van der Waals surface area (Å²) in [5, 5.41) is 31.3. The number of carbonyl (C=O) groups is 1. The van der Waals surface area contributed by atoms with E-state index in [9.17, 15) is 28.2 Å². The molecule has 0 aromatic heterocycles. The zero-order valence-corrected chi connectivity index (χ0v) is 26.5. The van der Waals surface area contributed by atoms with E-state index in [-0.39, 0.29) is 36.4 Å². The molecule has 5 rings (SSSR count).